The van der Waals surface area contributed by atoms with E-state index in [0.717, 1.165) is 36.4 Å². The summed E-state index contributed by atoms with van der Waals surface area (Å²) >= 11 is 2.70. The van der Waals surface area contributed by atoms with Crippen molar-refractivity contribution in [1.82, 2.24) is 4.37 Å². The zero-order chi connectivity index (χ0) is 15.0. The standard InChI is InChI=1S/C14H14N2O3S2/c1-7-11(14(18)19)13(21-16-7)15-12(17)9-3-2-4-10-8(9)5-6-20-10/h5-6,9H,2-4H2,1H3,(H,15,17)(H,18,19). The number of thiophene rings is 1. The van der Waals surface area contributed by atoms with Crippen molar-refractivity contribution in [2.24, 2.45) is 0 Å². The Hall–Kier alpha value is -1.73. The molecule has 3 rings (SSSR count). The number of hydrogen-bond acceptors (Lipinski definition) is 5. The van der Waals surface area contributed by atoms with E-state index in [1.807, 2.05) is 11.4 Å². The van der Waals surface area contributed by atoms with Crippen molar-refractivity contribution >= 4 is 39.7 Å². The van der Waals surface area contributed by atoms with Gasteiger partial charge < -0.3 is 10.4 Å². The number of carbonyl (C=O) groups excluding carboxylic acids is 1. The predicted molar refractivity (Wildman–Crippen MR) is 82.4 cm³/mol. The quantitative estimate of drug-likeness (QED) is 0.909. The molecule has 0 radical (unpaired) electrons. The van der Waals surface area contributed by atoms with E-state index in [9.17, 15) is 14.7 Å². The van der Waals surface area contributed by atoms with E-state index >= 15 is 0 Å². The van der Waals surface area contributed by atoms with Crippen molar-refractivity contribution in [2.75, 3.05) is 5.32 Å². The van der Waals surface area contributed by atoms with Crippen molar-refractivity contribution in [3.63, 3.8) is 0 Å². The second kappa shape index (κ2) is 5.57. The van der Waals surface area contributed by atoms with Crippen molar-refractivity contribution in [1.29, 1.82) is 0 Å². The maximum atomic E-state index is 12.5. The zero-order valence-corrected chi connectivity index (χ0v) is 13.0. The Balaban J connectivity index is 1.84. The monoisotopic (exact) mass is 322 g/mol. The molecule has 2 N–H and O–H groups in total. The number of nitrogens with one attached hydrogen (secondary N) is 1. The van der Waals surface area contributed by atoms with Gasteiger partial charge in [0.25, 0.3) is 0 Å². The molecule has 1 aliphatic rings. The zero-order valence-electron chi connectivity index (χ0n) is 11.4. The lowest BCUT2D eigenvalue weighted by atomic mass is 9.87. The van der Waals surface area contributed by atoms with Crippen LogP contribution >= 0.6 is 22.9 Å². The molecule has 0 aliphatic heterocycles. The number of carboxylic acid groups (broad SMARTS) is 1. The Morgan fingerprint density at radius 2 is 2.29 bits per heavy atom. The number of rotatable bonds is 3. The topological polar surface area (TPSA) is 79.3 Å². The van der Waals surface area contributed by atoms with Gasteiger partial charge in [-0.3, -0.25) is 4.79 Å². The first kappa shape index (κ1) is 14.2. The molecule has 1 aliphatic carbocycles. The van der Waals surface area contributed by atoms with Gasteiger partial charge in [0.1, 0.15) is 10.6 Å². The Bertz CT molecular complexity index is 705. The SMILES string of the molecule is Cc1nsc(NC(=O)C2CCCc3sccc32)c1C(=O)O. The molecular formula is C14H14N2O3S2. The summed E-state index contributed by atoms with van der Waals surface area (Å²) in [5.41, 5.74) is 1.61. The second-order valence-corrected chi connectivity index (χ2v) is 6.78. The molecule has 0 spiro atoms. The van der Waals surface area contributed by atoms with Gasteiger partial charge in [0.05, 0.1) is 11.6 Å². The van der Waals surface area contributed by atoms with Gasteiger partial charge in [-0.25, -0.2) is 4.79 Å². The molecule has 1 atom stereocenters. The van der Waals surface area contributed by atoms with Crippen molar-refractivity contribution in [3.8, 4) is 0 Å². The van der Waals surface area contributed by atoms with Crippen LogP contribution in [0.25, 0.3) is 0 Å². The van der Waals surface area contributed by atoms with E-state index in [4.69, 9.17) is 0 Å². The highest BCUT2D eigenvalue weighted by Gasteiger charge is 2.29. The molecule has 0 aromatic carbocycles. The van der Waals surface area contributed by atoms with Crippen LogP contribution in [0.5, 0.6) is 0 Å². The van der Waals surface area contributed by atoms with Crippen LogP contribution in [0, 0.1) is 6.92 Å². The molecule has 2 heterocycles. The average Bonchev–Trinajstić information content (AvgIpc) is 3.04. The summed E-state index contributed by atoms with van der Waals surface area (Å²) in [6.07, 6.45) is 2.81. The molecule has 0 saturated carbocycles. The Morgan fingerprint density at radius 1 is 1.48 bits per heavy atom. The van der Waals surface area contributed by atoms with Crippen LogP contribution in [-0.2, 0) is 11.2 Å². The maximum Gasteiger partial charge on any atom is 0.340 e. The molecule has 5 nitrogen and oxygen atoms in total. The highest BCUT2D eigenvalue weighted by atomic mass is 32.1. The van der Waals surface area contributed by atoms with E-state index in [-0.39, 0.29) is 17.4 Å². The number of aromatic nitrogens is 1. The number of fused-ring (bicyclic) bond motifs is 1. The third-order valence-corrected chi connectivity index (χ3v) is 5.53. The molecule has 0 bridgehead atoms. The Labute approximate surface area is 129 Å². The van der Waals surface area contributed by atoms with E-state index in [1.54, 1.807) is 18.3 Å². The van der Waals surface area contributed by atoms with Gasteiger partial charge in [0.2, 0.25) is 5.91 Å². The number of carbonyl (C=O) groups is 2. The summed E-state index contributed by atoms with van der Waals surface area (Å²) in [6.45, 7) is 1.63. The molecule has 0 saturated heterocycles. The minimum absolute atomic E-state index is 0.0923. The molecule has 7 heteroatoms. The summed E-state index contributed by atoms with van der Waals surface area (Å²) in [5.74, 6) is -1.39. The van der Waals surface area contributed by atoms with E-state index in [2.05, 4.69) is 9.69 Å². The summed E-state index contributed by atoms with van der Waals surface area (Å²) in [7, 11) is 0. The van der Waals surface area contributed by atoms with Gasteiger partial charge >= 0.3 is 5.97 Å². The molecule has 110 valence electrons. The minimum Gasteiger partial charge on any atom is -0.478 e. The number of carboxylic acids is 1. The molecule has 0 fully saturated rings. The predicted octanol–water partition coefficient (Wildman–Crippen LogP) is 3.27. The summed E-state index contributed by atoms with van der Waals surface area (Å²) in [6, 6.07) is 2.00. The fourth-order valence-electron chi connectivity index (χ4n) is 2.66. The van der Waals surface area contributed by atoms with Crippen LogP contribution in [0.3, 0.4) is 0 Å². The first-order valence-corrected chi connectivity index (χ1v) is 8.30. The van der Waals surface area contributed by atoms with Gasteiger partial charge in [-0.15, -0.1) is 11.3 Å². The van der Waals surface area contributed by atoms with Crippen LogP contribution in [0.4, 0.5) is 5.00 Å². The number of amides is 1. The molecule has 2 aromatic heterocycles. The Morgan fingerprint density at radius 3 is 3.05 bits per heavy atom. The van der Waals surface area contributed by atoms with Crippen LogP contribution in [0.2, 0.25) is 0 Å². The van der Waals surface area contributed by atoms with Crippen molar-refractivity contribution < 1.29 is 14.7 Å². The second-order valence-electron chi connectivity index (χ2n) is 5.01. The molecule has 1 amide bonds. The number of aromatic carboxylic acids is 1. The van der Waals surface area contributed by atoms with Crippen LogP contribution < -0.4 is 5.32 Å². The largest absolute Gasteiger partial charge is 0.478 e. The van der Waals surface area contributed by atoms with Gasteiger partial charge in [-0.05, 0) is 54.7 Å². The maximum absolute atomic E-state index is 12.5. The fraction of sp³-hybridized carbons (Fsp3) is 0.357. The van der Waals surface area contributed by atoms with Crippen LogP contribution in [-0.4, -0.2) is 21.4 Å². The molecule has 1 unspecified atom stereocenters. The Kier molecular flexibility index (Phi) is 3.77. The lowest BCUT2D eigenvalue weighted by Crippen LogP contribution is -2.24. The highest BCUT2D eigenvalue weighted by molar-refractivity contribution is 7.11. The molecule has 2 aromatic rings. The lowest BCUT2D eigenvalue weighted by Gasteiger charge is -2.21. The van der Waals surface area contributed by atoms with Gasteiger partial charge in [-0.1, -0.05) is 0 Å². The lowest BCUT2D eigenvalue weighted by molar-refractivity contribution is -0.117. The number of hydrogen-bond donors (Lipinski definition) is 2. The third-order valence-electron chi connectivity index (χ3n) is 3.68. The molecular weight excluding hydrogens is 308 g/mol. The number of nitrogens with zero attached hydrogens (tertiary/aromatic N) is 1. The smallest absolute Gasteiger partial charge is 0.340 e. The minimum atomic E-state index is -1.06. The first-order valence-electron chi connectivity index (χ1n) is 6.64. The summed E-state index contributed by atoms with van der Waals surface area (Å²) in [5, 5.41) is 14.3. The van der Waals surface area contributed by atoms with Crippen molar-refractivity contribution in [2.45, 2.75) is 32.1 Å². The van der Waals surface area contributed by atoms with Gasteiger partial charge in [0.15, 0.2) is 0 Å². The third kappa shape index (κ3) is 2.58. The normalized spacial score (nSPS) is 17.3. The van der Waals surface area contributed by atoms with Gasteiger partial charge in [0, 0.05) is 4.88 Å². The average molecular weight is 322 g/mol. The number of anilines is 1. The first-order chi connectivity index (χ1) is 10.1. The summed E-state index contributed by atoms with van der Waals surface area (Å²) in [4.78, 5) is 25.0. The fourth-order valence-corrected chi connectivity index (χ4v) is 4.44. The van der Waals surface area contributed by atoms with Crippen LogP contribution in [0.1, 0.15) is 45.3 Å². The van der Waals surface area contributed by atoms with Crippen molar-refractivity contribution in [3.05, 3.63) is 33.1 Å². The highest BCUT2D eigenvalue weighted by Crippen LogP contribution is 2.36. The molecule has 21 heavy (non-hydrogen) atoms. The summed E-state index contributed by atoms with van der Waals surface area (Å²) < 4.78 is 4.02. The van der Waals surface area contributed by atoms with E-state index in [0.29, 0.717) is 10.7 Å². The van der Waals surface area contributed by atoms with Crippen LogP contribution in [0.15, 0.2) is 11.4 Å². The van der Waals surface area contributed by atoms with Gasteiger partial charge in [-0.2, -0.15) is 4.37 Å². The van der Waals surface area contributed by atoms with E-state index in [1.165, 1.54) is 4.88 Å². The number of aryl methyl sites for hydroxylation is 2. The van der Waals surface area contributed by atoms with E-state index < -0.39 is 5.97 Å².